The molecule has 0 amide bonds. The zero-order valence-electron chi connectivity index (χ0n) is 11.8. The van der Waals surface area contributed by atoms with Gasteiger partial charge in [0.25, 0.3) is 5.56 Å². The zero-order chi connectivity index (χ0) is 17.5. The average molecular weight is 335 g/mol. The number of pyridine rings is 1. The minimum absolute atomic E-state index is 0.133. The number of rotatable bonds is 2. The van der Waals surface area contributed by atoms with Gasteiger partial charge in [-0.1, -0.05) is 6.07 Å². The van der Waals surface area contributed by atoms with E-state index in [0.717, 1.165) is 28.8 Å². The normalized spacial score (nSPS) is 11.6. The molecule has 122 valence electrons. The number of hydrogen-bond donors (Lipinski definition) is 1. The second-order valence-electron chi connectivity index (χ2n) is 4.82. The van der Waals surface area contributed by atoms with Crippen LogP contribution in [0.5, 0.6) is 0 Å². The molecule has 2 heterocycles. The lowest BCUT2D eigenvalue weighted by Gasteiger charge is -2.12. The fraction of sp³-hybridized carbons (Fsp3) is 0.0667. The fourth-order valence-corrected chi connectivity index (χ4v) is 2.24. The Balaban J connectivity index is 2.46. The molecule has 0 atom stereocenters. The first-order valence-electron chi connectivity index (χ1n) is 6.57. The molecule has 0 fully saturated rings. The van der Waals surface area contributed by atoms with Gasteiger partial charge in [0.2, 0.25) is 5.95 Å². The Bertz CT molecular complexity index is 998. The van der Waals surface area contributed by atoms with Crippen LogP contribution in [0.2, 0.25) is 0 Å². The Morgan fingerprint density at radius 1 is 1.12 bits per heavy atom. The summed E-state index contributed by atoms with van der Waals surface area (Å²) in [5.41, 5.74) is -2.71. The van der Waals surface area contributed by atoms with Crippen molar-refractivity contribution < 1.29 is 23.1 Å². The van der Waals surface area contributed by atoms with Crippen molar-refractivity contribution in [1.82, 2.24) is 14.5 Å². The van der Waals surface area contributed by atoms with E-state index in [9.17, 15) is 22.8 Å². The molecule has 0 aliphatic rings. The molecule has 0 unspecified atom stereocenters. The second kappa shape index (κ2) is 5.44. The molecule has 24 heavy (non-hydrogen) atoms. The third-order valence-electron chi connectivity index (χ3n) is 3.31. The summed E-state index contributed by atoms with van der Waals surface area (Å²) in [6.45, 7) is 0. The number of halogens is 3. The maximum atomic E-state index is 12.9. The van der Waals surface area contributed by atoms with E-state index < -0.39 is 28.8 Å². The summed E-state index contributed by atoms with van der Waals surface area (Å²) in [4.78, 5) is 31.3. The molecule has 2 aromatic heterocycles. The first-order valence-corrected chi connectivity index (χ1v) is 6.57. The molecule has 0 radical (unpaired) electrons. The summed E-state index contributed by atoms with van der Waals surface area (Å²) in [7, 11) is 0. The summed E-state index contributed by atoms with van der Waals surface area (Å²) in [6.07, 6.45) is -2.03. The van der Waals surface area contributed by atoms with Crippen LogP contribution in [-0.4, -0.2) is 25.6 Å². The molecular weight excluding hydrogens is 327 g/mol. The minimum atomic E-state index is -4.61. The Kier molecular flexibility index (Phi) is 3.55. The smallest absolute Gasteiger partial charge is 0.416 e. The number of carbonyl (C=O) groups is 1. The third kappa shape index (κ3) is 2.60. The molecular formula is C15H8F3N3O3. The van der Waals surface area contributed by atoms with Crippen LogP contribution in [0.25, 0.3) is 16.9 Å². The summed E-state index contributed by atoms with van der Waals surface area (Å²) in [5.74, 6) is -1.71. The molecule has 0 spiro atoms. The third-order valence-corrected chi connectivity index (χ3v) is 3.31. The van der Waals surface area contributed by atoms with Crippen molar-refractivity contribution in [3.8, 4) is 5.95 Å². The lowest BCUT2D eigenvalue weighted by molar-refractivity contribution is -0.137. The largest absolute Gasteiger partial charge is 0.477 e. The number of aromatic carboxylic acids is 1. The molecule has 0 saturated heterocycles. The summed E-state index contributed by atoms with van der Waals surface area (Å²) in [6, 6.07) is 5.16. The predicted octanol–water partition coefficient (Wildman–Crippen LogP) is 2.50. The van der Waals surface area contributed by atoms with E-state index in [2.05, 4.69) is 9.97 Å². The molecule has 1 N–H and O–H groups in total. The van der Waals surface area contributed by atoms with Crippen molar-refractivity contribution in [2.24, 2.45) is 0 Å². The molecule has 0 aliphatic heterocycles. The van der Waals surface area contributed by atoms with Gasteiger partial charge in [0, 0.05) is 12.4 Å². The lowest BCUT2D eigenvalue weighted by atomic mass is 10.1. The van der Waals surface area contributed by atoms with E-state index in [4.69, 9.17) is 5.11 Å². The van der Waals surface area contributed by atoms with Gasteiger partial charge in [-0.05, 0) is 29.7 Å². The number of benzene rings is 1. The van der Waals surface area contributed by atoms with Crippen LogP contribution < -0.4 is 5.56 Å². The lowest BCUT2D eigenvalue weighted by Crippen LogP contribution is -2.27. The molecule has 0 saturated carbocycles. The van der Waals surface area contributed by atoms with E-state index in [1.807, 2.05) is 0 Å². The van der Waals surface area contributed by atoms with Crippen molar-refractivity contribution in [2.45, 2.75) is 6.18 Å². The fourth-order valence-electron chi connectivity index (χ4n) is 2.24. The van der Waals surface area contributed by atoms with Gasteiger partial charge in [-0.2, -0.15) is 13.2 Å². The van der Waals surface area contributed by atoms with Crippen molar-refractivity contribution >= 4 is 16.9 Å². The number of carboxylic acids is 1. The number of fused-ring (bicyclic) bond motifs is 1. The predicted molar refractivity (Wildman–Crippen MR) is 77.1 cm³/mol. The Labute approximate surface area is 131 Å². The van der Waals surface area contributed by atoms with Gasteiger partial charge in [0.05, 0.1) is 11.1 Å². The highest BCUT2D eigenvalue weighted by molar-refractivity contribution is 5.93. The second-order valence-corrected chi connectivity index (χ2v) is 4.82. The van der Waals surface area contributed by atoms with E-state index in [-0.39, 0.29) is 16.9 Å². The minimum Gasteiger partial charge on any atom is -0.477 e. The standard InChI is InChI=1S/C15H8F3N3O3/c16-15(17,18)9-3-2-8-6-10(13(23)24)12(22)21(11(8)7-9)14-19-4-1-5-20-14/h1-7H,(H,23,24). The van der Waals surface area contributed by atoms with E-state index >= 15 is 0 Å². The van der Waals surface area contributed by atoms with Crippen LogP contribution in [-0.2, 0) is 6.18 Å². The number of aromatic nitrogens is 3. The van der Waals surface area contributed by atoms with Crippen LogP contribution in [0.4, 0.5) is 13.2 Å². The van der Waals surface area contributed by atoms with Crippen LogP contribution in [0.3, 0.4) is 0 Å². The van der Waals surface area contributed by atoms with Gasteiger partial charge in [-0.3, -0.25) is 4.79 Å². The van der Waals surface area contributed by atoms with Gasteiger partial charge in [-0.25, -0.2) is 19.3 Å². The quantitative estimate of drug-likeness (QED) is 0.778. The van der Waals surface area contributed by atoms with Gasteiger partial charge < -0.3 is 5.11 Å². The van der Waals surface area contributed by atoms with Crippen molar-refractivity contribution in [3.05, 3.63) is 64.2 Å². The van der Waals surface area contributed by atoms with E-state index in [1.165, 1.54) is 18.5 Å². The van der Waals surface area contributed by atoms with Gasteiger partial charge in [0.1, 0.15) is 5.56 Å². The van der Waals surface area contributed by atoms with Gasteiger partial charge in [0.15, 0.2) is 0 Å². The average Bonchev–Trinajstić information content (AvgIpc) is 2.53. The van der Waals surface area contributed by atoms with Crippen molar-refractivity contribution in [1.29, 1.82) is 0 Å². The van der Waals surface area contributed by atoms with Crippen molar-refractivity contribution in [2.75, 3.05) is 0 Å². The Morgan fingerprint density at radius 2 is 1.79 bits per heavy atom. The molecule has 0 aliphatic carbocycles. The van der Waals surface area contributed by atoms with Gasteiger partial charge in [-0.15, -0.1) is 0 Å². The monoisotopic (exact) mass is 335 g/mol. The summed E-state index contributed by atoms with van der Waals surface area (Å²) in [5, 5.41) is 9.29. The molecule has 0 bridgehead atoms. The molecule has 9 heteroatoms. The highest BCUT2D eigenvalue weighted by Crippen LogP contribution is 2.31. The maximum absolute atomic E-state index is 12.9. The SMILES string of the molecule is O=C(O)c1cc2ccc(C(F)(F)F)cc2n(-c2ncccn2)c1=O. The number of nitrogens with zero attached hydrogens (tertiary/aromatic N) is 3. The number of alkyl halides is 3. The van der Waals surface area contributed by atoms with Crippen molar-refractivity contribution in [3.63, 3.8) is 0 Å². The highest BCUT2D eigenvalue weighted by atomic mass is 19.4. The van der Waals surface area contributed by atoms with Crippen LogP contribution in [0.15, 0.2) is 47.5 Å². The summed E-state index contributed by atoms with van der Waals surface area (Å²) < 4.78 is 39.6. The molecule has 3 aromatic rings. The topological polar surface area (TPSA) is 85.1 Å². The van der Waals surface area contributed by atoms with Crippen LogP contribution >= 0.6 is 0 Å². The molecule has 3 rings (SSSR count). The van der Waals surface area contributed by atoms with Gasteiger partial charge >= 0.3 is 12.1 Å². The van der Waals surface area contributed by atoms with Crippen LogP contribution in [0, 0.1) is 0 Å². The Morgan fingerprint density at radius 3 is 2.38 bits per heavy atom. The van der Waals surface area contributed by atoms with Crippen LogP contribution in [0.1, 0.15) is 15.9 Å². The first kappa shape index (κ1) is 15.7. The zero-order valence-corrected chi connectivity index (χ0v) is 11.8. The molecule has 1 aromatic carbocycles. The molecule has 6 nitrogen and oxygen atoms in total. The highest BCUT2D eigenvalue weighted by Gasteiger charge is 2.31. The first-order chi connectivity index (χ1) is 11.3. The number of carboxylic acid groups (broad SMARTS) is 1. The Hall–Kier alpha value is -3.23. The summed E-state index contributed by atoms with van der Waals surface area (Å²) >= 11 is 0. The number of hydrogen-bond acceptors (Lipinski definition) is 4. The maximum Gasteiger partial charge on any atom is 0.416 e. The van der Waals surface area contributed by atoms with E-state index in [0.29, 0.717) is 0 Å². The van der Waals surface area contributed by atoms with E-state index in [1.54, 1.807) is 0 Å².